The van der Waals surface area contributed by atoms with Crippen molar-refractivity contribution in [2.75, 3.05) is 29.0 Å². The first kappa shape index (κ1) is 22.9. The van der Waals surface area contributed by atoms with Gasteiger partial charge in [0.2, 0.25) is 15.9 Å². The van der Waals surface area contributed by atoms with Crippen molar-refractivity contribution in [1.29, 1.82) is 0 Å². The molecule has 0 bridgehead atoms. The molecule has 1 aliphatic heterocycles. The number of amides is 1. The minimum absolute atomic E-state index is 0.0535. The van der Waals surface area contributed by atoms with Crippen LogP contribution in [-0.4, -0.2) is 33.3 Å². The summed E-state index contributed by atoms with van der Waals surface area (Å²) in [6.07, 6.45) is 1.52. The Balaban J connectivity index is 1.81. The van der Waals surface area contributed by atoms with Gasteiger partial charge in [-0.05, 0) is 61.2 Å². The summed E-state index contributed by atoms with van der Waals surface area (Å²) in [5.41, 5.74) is 0.900. The van der Waals surface area contributed by atoms with E-state index in [-0.39, 0.29) is 11.7 Å². The second-order valence-corrected chi connectivity index (χ2v) is 9.96. The van der Waals surface area contributed by atoms with E-state index >= 15 is 0 Å². The van der Waals surface area contributed by atoms with Crippen LogP contribution in [0.5, 0.6) is 0 Å². The van der Waals surface area contributed by atoms with Gasteiger partial charge in [-0.3, -0.25) is 9.52 Å². The third kappa shape index (κ3) is 5.27. The summed E-state index contributed by atoms with van der Waals surface area (Å²) in [7, 11) is -3.37. The van der Waals surface area contributed by atoms with Crippen molar-refractivity contribution in [1.82, 2.24) is 0 Å². The number of hydrogen-bond donors (Lipinski definition) is 2. The second-order valence-electron chi connectivity index (χ2n) is 7.27. The predicted octanol–water partition coefficient (Wildman–Crippen LogP) is 4.83. The number of sulfonamides is 1. The molecule has 6 nitrogen and oxygen atoms in total. The van der Waals surface area contributed by atoms with Crippen molar-refractivity contribution in [3.63, 3.8) is 0 Å². The summed E-state index contributed by atoms with van der Waals surface area (Å²) in [4.78, 5) is 13.4. The predicted molar refractivity (Wildman–Crippen MR) is 121 cm³/mol. The van der Waals surface area contributed by atoms with Crippen LogP contribution in [0.3, 0.4) is 0 Å². The molecule has 2 aromatic carbocycles. The first-order valence-corrected chi connectivity index (χ1v) is 12.1. The van der Waals surface area contributed by atoms with Gasteiger partial charge < -0.3 is 10.1 Å². The Morgan fingerprint density at radius 2 is 1.70 bits per heavy atom. The Labute approximate surface area is 187 Å². The molecule has 0 aliphatic carbocycles. The zero-order valence-corrected chi connectivity index (χ0v) is 18.9. The zero-order valence-electron chi connectivity index (χ0n) is 16.6. The molecule has 9 heteroatoms. The van der Waals surface area contributed by atoms with E-state index in [1.54, 1.807) is 49.4 Å². The molecule has 0 radical (unpaired) electrons. The zero-order chi connectivity index (χ0) is 21.8. The maximum absolute atomic E-state index is 13.4. The largest absolute Gasteiger partial charge is 0.381 e. The van der Waals surface area contributed by atoms with Crippen LogP contribution in [0.1, 0.15) is 31.7 Å². The fraction of sp³-hybridized carbons (Fsp3) is 0.381. The first-order valence-electron chi connectivity index (χ1n) is 9.71. The third-order valence-electron chi connectivity index (χ3n) is 5.12. The van der Waals surface area contributed by atoms with Crippen molar-refractivity contribution in [3.05, 3.63) is 58.1 Å². The molecule has 1 amide bonds. The molecule has 0 unspecified atom stereocenters. The number of benzene rings is 2. The minimum atomic E-state index is -3.37. The SMILES string of the molecule is CCCS(=O)(=O)Nc1ccc(NC(=O)C2(c3ccc(Cl)cc3Cl)CCOCC2)cc1. The van der Waals surface area contributed by atoms with E-state index in [0.29, 0.717) is 53.9 Å². The van der Waals surface area contributed by atoms with Gasteiger partial charge in [-0.1, -0.05) is 36.2 Å². The Morgan fingerprint density at radius 3 is 2.30 bits per heavy atom. The molecular formula is C21H24Cl2N2O4S. The lowest BCUT2D eigenvalue weighted by Gasteiger charge is -2.36. The number of hydrogen-bond acceptors (Lipinski definition) is 4. The standard InChI is InChI=1S/C21H24Cl2N2O4S/c1-2-13-30(27,28)25-17-6-4-16(5-7-17)24-20(26)21(9-11-29-12-10-21)18-8-3-15(22)14-19(18)23/h3-8,14,25H,2,9-13H2,1H3,(H,24,26). The molecule has 162 valence electrons. The molecule has 0 saturated carbocycles. The summed E-state index contributed by atoms with van der Waals surface area (Å²) >= 11 is 12.5. The van der Waals surface area contributed by atoms with E-state index < -0.39 is 15.4 Å². The molecule has 2 N–H and O–H groups in total. The van der Waals surface area contributed by atoms with Gasteiger partial charge in [0, 0.05) is 34.6 Å². The fourth-order valence-electron chi connectivity index (χ4n) is 3.59. The van der Waals surface area contributed by atoms with Gasteiger partial charge in [0.15, 0.2) is 0 Å². The summed E-state index contributed by atoms with van der Waals surface area (Å²) in [5, 5.41) is 3.90. The molecule has 3 rings (SSSR count). The lowest BCUT2D eigenvalue weighted by atomic mass is 9.73. The minimum Gasteiger partial charge on any atom is -0.381 e. The van der Waals surface area contributed by atoms with Gasteiger partial charge in [0.1, 0.15) is 0 Å². The highest BCUT2D eigenvalue weighted by Gasteiger charge is 2.43. The van der Waals surface area contributed by atoms with E-state index in [1.165, 1.54) is 0 Å². The van der Waals surface area contributed by atoms with Gasteiger partial charge in [0.05, 0.1) is 11.2 Å². The van der Waals surface area contributed by atoms with E-state index in [4.69, 9.17) is 27.9 Å². The highest BCUT2D eigenvalue weighted by molar-refractivity contribution is 7.92. The summed E-state index contributed by atoms with van der Waals surface area (Å²) < 4.78 is 31.8. The topological polar surface area (TPSA) is 84.5 Å². The van der Waals surface area contributed by atoms with Crippen LogP contribution in [0.25, 0.3) is 0 Å². The normalized spacial score (nSPS) is 16.1. The van der Waals surface area contributed by atoms with Crippen LogP contribution < -0.4 is 10.0 Å². The lowest BCUT2D eigenvalue weighted by Crippen LogP contribution is -2.45. The monoisotopic (exact) mass is 470 g/mol. The summed E-state index contributed by atoms with van der Waals surface area (Å²) in [6.45, 7) is 2.70. The molecule has 1 aliphatic rings. The first-order chi connectivity index (χ1) is 14.3. The quantitative estimate of drug-likeness (QED) is 0.606. The van der Waals surface area contributed by atoms with Crippen LogP contribution in [0.15, 0.2) is 42.5 Å². The molecular weight excluding hydrogens is 447 g/mol. The van der Waals surface area contributed by atoms with Gasteiger partial charge >= 0.3 is 0 Å². The second kappa shape index (κ2) is 9.56. The molecule has 1 fully saturated rings. The maximum Gasteiger partial charge on any atom is 0.235 e. The number of anilines is 2. The van der Waals surface area contributed by atoms with E-state index in [0.717, 1.165) is 5.56 Å². The molecule has 2 aromatic rings. The van der Waals surface area contributed by atoms with Crippen LogP contribution in [0.4, 0.5) is 11.4 Å². The summed E-state index contributed by atoms with van der Waals surface area (Å²) in [6, 6.07) is 11.7. The molecule has 1 heterocycles. The van der Waals surface area contributed by atoms with Crippen molar-refractivity contribution >= 4 is 50.5 Å². The Hall–Kier alpha value is -1.80. The van der Waals surface area contributed by atoms with Gasteiger partial charge in [0.25, 0.3) is 0 Å². The van der Waals surface area contributed by atoms with Gasteiger partial charge in [-0.2, -0.15) is 0 Å². The number of halogens is 2. The van der Waals surface area contributed by atoms with Crippen molar-refractivity contribution in [3.8, 4) is 0 Å². The number of nitrogens with one attached hydrogen (secondary N) is 2. The molecule has 0 atom stereocenters. The fourth-order valence-corrected chi connectivity index (χ4v) is 5.31. The number of carbonyl (C=O) groups is 1. The number of ether oxygens (including phenoxy) is 1. The molecule has 30 heavy (non-hydrogen) atoms. The maximum atomic E-state index is 13.4. The Bertz CT molecular complexity index is 1000. The van der Waals surface area contributed by atoms with E-state index in [9.17, 15) is 13.2 Å². The van der Waals surface area contributed by atoms with Crippen LogP contribution >= 0.6 is 23.2 Å². The molecule has 1 saturated heterocycles. The highest BCUT2D eigenvalue weighted by atomic mass is 35.5. The number of rotatable bonds is 7. The van der Waals surface area contributed by atoms with Gasteiger partial charge in [-0.15, -0.1) is 0 Å². The third-order valence-corrected chi connectivity index (χ3v) is 7.16. The Kier molecular flexibility index (Phi) is 7.29. The highest BCUT2D eigenvalue weighted by Crippen LogP contribution is 2.40. The van der Waals surface area contributed by atoms with Crippen molar-refractivity contribution < 1.29 is 17.9 Å². The molecule has 0 spiro atoms. The Morgan fingerprint density at radius 1 is 1.07 bits per heavy atom. The van der Waals surface area contributed by atoms with E-state index in [2.05, 4.69) is 10.0 Å². The van der Waals surface area contributed by atoms with Gasteiger partial charge in [-0.25, -0.2) is 8.42 Å². The lowest BCUT2D eigenvalue weighted by molar-refractivity contribution is -0.125. The van der Waals surface area contributed by atoms with Crippen LogP contribution in [0, 0.1) is 0 Å². The summed E-state index contributed by atoms with van der Waals surface area (Å²) in [5.74, 6) is -0.132. The average Bonchev–Trinajstić information content (AvgIpc) is 2.69. The van der Waals surface area contributed by atoms with Crippen LogP contribution in [0.2, 0.25) is 10.0 Å². The van der Waals surface area contributed by atoms with Crippen molar-refractivity contribution in [2.24, 2.45) is 0 Å². The average molecular weight is 471 g/mol. The van der Waals surface area contributed by atoms with E-state index in [1.807, 2.05) is 0 Å². The van der Waals surface area contributed by atoms with Crippen LogP contribution in [-0.2, 0) is 25.0 Å². The number of carbonyl (C=O) groups excluding carboxylic acids is 1. The smallest absolute Gasteiger partial charge is 0.235 e. The molecule has 0 aromatic heterocycles. The van der Waals surface area contributed by atoms with Crippen molar-refractivity contribution in [2.45, 2.75) is 31.6 Å².